The molecule has 0 saturated carbocycles. The zero-order valence-corrected chi connectivity index (χ0v) is 18.7. The van der Waals surface area contributed by atoms with Crippen molar-refractivity contribution in [3.63, 3.8) is 0 Å². The normalized spacial score (nSPS) is 15.5. The van der Waals surface area contributed by atoms with Crippen LogP contribution in [0.5, 0.6) is 17.2 Å². The highest BCUT2D eigenvalue weighted by molar-refractivity contribution is 6.13. The Labute approximate surface area is 195 Å². The summed E-state index contributed by atoms with van der Waals surface area (Å²) in [6, 6.07) is 10.8. The van der Waals surface area contributed by atoms with Crippen molar-refractivity contribution in [2.75, 3.05) is 51.9 Å². The zero-order chi connectivity index (χ0) is 23.5. The minimum absolute atomic E-state index is 0.103. The number of methoxy groups -OCH3 is 1. The minimum Gasteiger partial charge on any atom is -0.493 e. The number of fused-ring (bicyclic) bond motifs is 2. The van der Waals surface area contributed by atoms with Crippen molar-refractivity contribution in [2.24, 2.45) is 0 Å². The number of nitrogens with one attached hydrogen (secondary N) is 1. The number of benzene rings is 2. The number of rotatable bonds is 5. The van der Waals surface area contributed by atoms with Crippen LogP contribution in [0.4, 0.5) is 5.69 Å². The van der Waals surface area contributed by atoms with Gasteiger partial charge in [-0.05, 0) is 35.9 Å². The van der Waals surface area contributed by atoms with Crippen LogP contribution >= 0.6 is 0 Å². The monoisotopic (exact) mass is 464 g/mol. The first kappa shape index (κ1) is 21.8. The first-order valence-electron chi connectivity index (χ1n) is 11.0. The van der Waals surface area contributed by atoms with E-state index in [2.05, 4.69) is 5.32 Å². The Balaban J connectivity index is 1.40. The summed E-state index contributed by atoms with van der Waals surface area (Å²) in [5, 5.41) is 3.48. The number of carbonyl (C=O) groups is 2. The largest absolute Gasteiger partial charge is 0.493 e. The quantitative estimate of drug-likeness (QED) is 0.578. The van der Waals surface area contributed by atoms with Gasteiger partial charge in [-0.25, -0.2) is 0 Å². The summed E-state index contributed by atoms with van der Waals surface area (Å²) < 4.78 is 27.8. The van der Waals surface area contributed by atoms with Crippen molar-refractivity contribution in [3.05, 3.63) is 53.8 Å². The summed E-state index contributed by atoms with van der Waals surface area (Å²) in [4.78, 5) is 27.6. The Morgan fingerprint density at radius 2 is 1.85 bits per heavy atom. The van der Waals surface area contributed by atoms with E-state index in [0.717, 1.165) is 0 Å². The van der Waals surface area contributed by atoms with E-state index in [4.69, 9.17) is 23.4 Å². The van der Waals surface area contributed by atoms with Crippen molar-refractivity contribution in [3.8, 4) is 17.2 Å². The molecule has 176 valence electrons. The lowest BCUT2D eigenvalue weighted by Gasteiger charge is -2.26. The maximum absolute atomic E-state index is 13.1. The molecule has 5 rings (SSSR count). The molecular formula is C25H24N2O7. The molecule has 2 aliphatic rings. The summed E-state index contributed by atoms with van der Waals surface area (Å²) in [6.45, 7) is 2.76. The summed E-state index contributed by atoms with van der Waals surface area (Å²) in [5.74, 6) is 1.05. The summed E-state index contributed by atoms with van der Waals surface area (Å²) in [6.07, 6.45) is 3.03. The third kappa shape index (κ3) is 4.29. The number of anilines is 1. The second-order valence-electron chi connectivity index (χ2n) is 7.78. The molecule has 0 spiro atoms. The van der Waals surface area contributed by atoms with Gasteiger partial charge in [0.05, 0.1) is 20.3 Å². The second kappa shape index (κ2) is 9.48. The predicted octanol–water partition coefficient (Wildman–Crippen LogP) is 3.34. The Morgan fingerprint density at radius 3 is 2.68 bits per heavy atom. The van der Waals surface area contributed by atoms with Crippen LogP contribution in [-0.4, -0.2) is 63.3 Å². The number of carbonyl (C=O) groups excluding carboxylic acids is 2. The SMILES string of the molecule is COc1cc(/C=C/C(=O)Nc2c(C(=O)N3CCOCC3)oc3ccccc23)cc2c1OCCO2. The van der Waals surface area contributed by atoms with Gasteiger partial charge in [0.15, 0.2) is 11.5 Å². The van der Waals surface area contributed by atoms with Gasteiger partial charge in [-0.15, -0.1) is 0 Å². The van der Waals surface area contributed by atoms with Crippen molar-refractivity contribution >= 4 is 34.5 Å². The van der Waals surface area contributed by atoms with Crippen molar-refractivity contribution in [1.82, 2.24) is 4.90 Å². The van der Waals surface area contributed by atoms with Gasteiger partial charge in [-0.1, -0.05) is 12.1 Å². The van der Waals surface area contributed by atoms with Crippen LogP contribution in [0, 0.1) is 0 Å². The lowest BCUT2D eigenvalue weighted by molar-refractivity contribution is -0.111. The Bertz CT molecular complexity index is 1240. The van der Waals surface area contributed by atoms with Gasteiger partial charge < -0.3 is 33.6 Å². The summed E-state index contributed by atoms with van der Waals surface area (Å²) >= 11 is 0. The fourth-order valence-electron chi connectivity index (χ4n) is 3.96. The maximum atomic E-state index is 13.1. The zero-order valence-electron chi connectivity index (χ0n) is 18.7. The Hall–Kier alpha value is -3.98. The van der Waals surface area contributed by atoms with E-state index in [1.54, 1.807) is 42.4 Å². The topological polar surface area (TPSA) is 99.5 Å². The standard InChI is InChI=1S/C25H24N2O7/c1-30-19-14-16(15-20-23(19)33-13-12-32-20)6-7-21(28)26-22-17-4-2-3-5-18(17)34-24(22)25(29)27-8-10-31-11-9-27/h2-7,14-15H,8-13H2,1H3,(H,26,28)/b7-6+. The van der Waals surface area contributed by atoms with E-state index in [-0.39, 0.29) is 11.7 Å². The smallest absolute Gasteiger partial charge is 0.291 e. The molecule has 1 saturated heterocycles. The number of amides is 2. The van der Waals surface area contributed by atoms with Gasteiger partial charge in [0.2, 0.25) is 17.4 Å². The number of nitrogens with zero attached hydrogens (tertiary/aromatic N) is 1. The highest BCUT2D eigenvalue weighted by Gasteiger charge is 2.27. The molecule has 1 fully saturated rings. The van der Waals surface area contributed by atoms with E-state index < -0.39 is 5.91 Å². The first-order chi connectivity index (χ1) is 16.6. The molecule has 3 aromatic rings. The Kier molecular flexibility index (Phi) is 6.09. The molecule has 2 amide bonds. The molecule has 1 N–H and O–H groups in total. The molecule has 0 aliphatic carbocycles. The van der Waals surface area contributed by atoms with Gasteiger partial charge in [-0.3, -0.25) is 9.59 Å². The molecule has 0 atom stereocenters. The van der Waals surface area contributed by atoms with Gasteiger partial charge in [0, 0.05) is 24.6 Å². The van der Waals surface area contributed by atoms with Crippen molar-refractivity contribution < 1.29 is 33.0 Å². The lowest BCUT2D eigenvalue weighted by atomic mass is 10.1. The molecule has 0 radical (unpaired) electrons. The van der Waals surface area contributed by atoms with Gasteiger partial charge >= 0.3 is 0 Å². The maximum Gasteiger partial charge on any atom is 0.291 e. The molecule has 2 aromatic carbocycles. The number of para-hydroxylation sites is 1. The fourth-order valence-corrected chi connectivity index (χ4v) is 3.96. The van der Waals surface area contributed by atoms with E-state index in [0.29, 0.717) is 79.0 Å². The molecule has 1 aromatic heterocycles. The fraction of sp³-hybridized carbons (Fsp3) is 0.280. The number of hydrogen-bond donors (Lipinski definition) is 1. The number of hydrogen-bond acceptors (Lipinski definition) is 7. The van der Waals surface area contributed by atoms with E-state index >= 15 is 0 Å². The highest BCUT2D eigenvalue weighted by Crippen LogP contribution is 2.40. The number of furan rings is 1. The van der Waals surface area contributed by atoms with Gasteiger partial charge in [-0.2, -0.15) is 0 Å². The van der Waals surface area contributed by atoms with E-state index in [1.807, 2.05) is 12.1 Å². The molecule has 9 nitrogen and oxygen atoms in total. The first-order valence-corrected chi connectivity index (χ1v) is 11.0. The Morgan fingerprint density at radius 1 is 1.06 bits per heavy atom. The third-order valence-corrected chi connectivity index (χ3v) is 5.61. The summed E-state index contributed by atoms with van der Waals surface area (Å²) in [5.41, 5.74) is 1.58. The molecule has 9 heteroatoms. The van der Waals surface area contributed by atoms with Crippen LogP contribution in [0.25, 0.3) is 17.0 Å². The third-order valence-electron chi connectivity index (χ3n) is 5.61. The van der Waals surface area contributed by atoms with Crippen LogP contribution in [0.1, 0.15) is 16.1 Å². The predicted molar refractivity (Wildman–Crippen MR) is 125 cm³/mol. The number of ether oxygens (including phenoxy) is 4. The van der Waals surface area contributed by atoms with Crippen molar-refractivity contribution in [1.29, 1.82) is 0 Å². The van der Waals surface area contributed by atoms with Crippen LogP contribution in [0.2, 0.25) is 0 Å². The molecule has 3 heterocycles. The highest BCUT2D eigenvalue weighted by atomic mass is 16.6. The van der Waals surface area contributed by atoms with Crippen LogP contribution in [0.3, 0.4) is 0 Å². The van der Waals surface area contributed by atoms with Crippen LogP contribution in [0.15, 0.2) is 46.9 Å². The average Bonchev–Trinajstić information content (AvgIpc) is 3.25. The molecule has 2 aliphatic heterocycles. The van der Waals surface area contributed by atoms with Crippen molar-refractivity contribution in [2.45, 2.75) is 0 Å². The van der Waals surface area contributed by atoms with Gasteiger partial charge in [0.1, 0.15) is 24.5 Å². The molecular weight excluding hydrogens is 440 g/mol. The lowest BCUT2D eigenvalue weighted by Crippen LogP contribution is -2.40. The minimum atomic E-state index is -0.406. The second-order valence-corrected chi connectivity index (χ2v) is 7.78. The molecule has 0 bridgehead atoms. The van der Waals surface area contributed by atoms with E-state index in [9.17, 15) is 9.59 Å². The van der Waals surface area contributed by atoms with E-state index in [1.165, 1.54) is 6.08 Å². The number of morpholine rings is 1. The average molecular weight is 464 g/mol. The van der Waals surface area contributed by atoms with Crippen LogP contribution in [-0.2, 0) is 9.53 Å². The molecule has 34 heavy (non-hydrogen) atoms. The summed E-state index contributed by atoms with van der Waals surface area (Å²) in [7, 11) is 1.55. The molecule has 0 unspecified atom stereocenters. The van der Waals surface area contributed by atoms with Crippen LogP contribution < -0.4 is 19.5 Å². The van der Waals surface area contributed by atoms with Gasteiger partial charge in [0.25, 0.3) is 5.91 Å².